The lowest BCUT2D eigenvalue weighted by Crippen LogP contribution is -2.61. The van der Waals surface area contributed by atoms with Crippen LogP contribution in [-0.2, 0) is 47.7 Å². The Morgan fingerprint density at radius 2 is 1.17 bits per heavy atom. The molecule has 10 aliphatic rings. The van der Waals surface area contributed by atoms with Crippen molar-refractivity contribution < 1.29 is 52.8 Å². The average molecular weight is 897 g/mol. The van der Waals surface area contributed by atoms with Crippen molar-refractivity contribution >= 4 is 29.8 Å². The number of rotatable bonds is 13. The van der Waals surface area contributed by atoms with Crippen LogP contribution >= 0.6 is 0 Å². The summed E-state index contributed by atoms with van der Waals surface area (Å²) in [4.78, 5) is 60.5. The van der Waals surface area contributed by atoms with Crippen molar-refractivity contribution in [2.24, 2.45) is 81.3 Å². The minimum atomic E-state index is -0.597. The molecule has 0 amide bonds. The minimum absolute atomic E-state index is 0.0455. The number of esters is 5. The maximum absolute atomic E-state index is 12.7. The number of carbonyl (C=O) groups excluding carboxylic acids is 5. The first kappa shape index (κ1) is 49.2. The molecule has 10 saturated carbocycles. The maximum atomic E-state index is 12.7. The molecule has 10 aliphatic carbocycles. The third-order valence-electron chi connectivity index (χ3n) is 19.3. The van der Waals surface area contributed by atoms with Gasteiger partial charge in [0.05, 0.1) is 34.9 Å². The predicted molar refractivity (Wildman–Crippen MR) is 241 cm³/mol. The third-order valence-corrected chi connectivity index (χ3v) is 19.3. The van der Waals surface area contributed by atoms with Gasteiger partial charge in [-0.05, 0) is 204 Å². The third kappa shape index (κ3) is 9.42. The van der Waals surface area contributed by atoms with E-state index in [4.69, 9.17) is 23.7 Å². The van der Waals surface area contributed by atoms with Gasteiger partial charge in [0, 0.05) is 12.3 Å². The number of carbonyl (C=O) groups is 5. The maximum Gasteiger partial charge on any atom is 0.344 e. The normalized spacial score (nSPS) is 40.4. The highest BCUT2D eigenvalue weighted by Gasteiger charge is 2.68. The fraction of sp³-hybridized carbons (Fsp3) is 0.906. The summed E-state index contributed by atoms with van der Waals surface area (Å²) in [5, 5.41) is 10.6. The number of fused-ring (bicyclic) bond motifs is 11. The molecule has 10 fully saturated rings. The highest BCUT2D eigenvalue weighted by Crippen LogP contribution is 2.71. The van der Waals surface area contributed by atoms with Crippen molar-refractivity contribution in [3.05, 3.63) is 0 Å². The summed E-state index contributed by atoms with van der Waals surface area (Å²) in [6, 6.07) is 0. The standard InChI is InChI=1S/C20H32O2.C17H26O6.C16H26O3/c1-5-19(3,4)18(21)22-20(6-2)11-14-10-15(20)17-13-8-7-12(9-13)16(14)17;1-5-17(2,3)16(20)22-9-14(18)23-13-8-10-6-11(13)7-12(10)15(19)21-4;1-4-14(2,3)13(17)19-16-8-11-5-12(9-16)7-15(18,6-11)10-16/h12-17H,5-11H2,1-4H3;10-13H,5-9H2,1-4H3;11-12,18H,4-10H2,1-3H3. The van der Waals surface area contributed by atoms with Gasteiger partial charge in [0.1, 0.15) is 17.3 Å². The van der Waals surface area contributed by atoms with Crippen molar-refractivity contribution in [3.63, 3.8) is 0 Å². The van der Waals surface area contributed by atoms with Crippen LogP contribution < -0.4 is 0 Å². The fourth-order valence-electron chi connectivity index (χ4n) is 15.0. The number of hydrogen-bond acceptors (Lipinski definition) is 11. The quantitative estimate of drug-likeness (QED) is 0.107. The number of aliphatic hydroxyl groups is 1. The Morgan fingerprint density at radius 1 is 0.609 bits per heavy atom. The summed E-state index contributed by atoms with van der Waals surface area (Å²) in [6.07, 6.45) is 18.0. The van der Waals surface area contributed by atoms with E-state index in [1.54, 1.807) is 13.8 Å². The molecule has 10 bridgehead atoms. The van der Waals surface area contributed by atoms with E-state index < -0.39 is 28.4 Å². The van der Waals surface area contributed by atoms with Gasteiger partial charge in [-0.25, -0.2) is 4.79 Å². The van der Waals surface area contributed by atoms with E-state index >= 15 is 0 Å². The van der Waals surface area contributed by atoms with Crippen molar-refractivity contribution in [1.29, 1.82) is 0 Å². The summed E-state index contributed by atoms with van der Waals surface area (Å²) in [5.41, 5.74) is -2.38. The van der Waals surface area contributed by atoms with E-state index in [1.165, 1.54) is 39.2 Å². The molecule has 0 heterocycles. The lowest BCUT2D eigenvalue weighted by molar-refractivity contribution is -0.225. The van der Waals surface area contributed by atoms with Gasteiger partial charge in [0.15, 0.2) is 6.61 Å². The van der Waals surface area contributed by atoms with Gasteiger partial charge in [-0.1, -0.05) is 27.7 Å². The van der Waals surface area contributed by atoms with Crippen LogP contribution in [0.5, 0.6) is 0 Å². The average Bonchev–Trinajstić information content (AvgIpc) is 4.11. The van der Waals surface area contributed by atoms with Crippen LogP contribution in [0.15, 0.2) is 0 Å². The topological polar surface area (TPSA) is 152 Å². The monoisotopic (exact) mass is 897 g/mol. The van der Waals surface area contributed by atoms with Crippen molar-refractivity contribution in [2.45, 2.75) is 208 Å². The Hall–Kier alpha value is -2.69. The lowest BCUT2D eigenvalue weighted by atomic mass is 9.52. The van der Waals surface area contributed by atoms with Gasteiger partial charge < -0.3 is 28.8 Å². The molecule has 0 aromatic carbocycles. The Bertz CT molecular complexity index is 1750. The molecular formula is C53H84O11. The molecule has 13 unspecified atom stereocenters. The van der Waals surface area contributed by atoms with Crippen LogP contribution in [0, 0.1) is 81.3 Å². The molecule has 362 valence electrons. The second-order valence-electron chi connectivity index (χ2n) is 24.5. The van der Waals surface area contributed by atoms with Crippen LogP contribution in [0.25, 0.3) is 0 Å². The Morgan fingerprint density at radius 3 is 1.70 bits per heavy atom. The first-order valence-electron chi connectivity index (χ1n) is 25.6. The number of methoxy groups -OCH3 is 1. The minimum Gasteiger partial charge on any atom is -0.469 e. The molecule has 11 heteroatoms. The zero-order chi connectivity index (χ0) is 46.8. The van der Waals surface area contributed by atoms with Crippen LogP contribution in [-0.4, -0.2) is 71.6 Å². The molecule has 0 aliphatic heterocycles. The first-order valence-corrected chi connectivity index (χ1v) is 25.6. The van der Waals surface area contributed by atoms with Crippen molar-refractivity contribution in [1.82, 2.24) is 0 Å². The fourth-order valence-corrected chi connectivity index (χ4v) is 15.0. The summed E-state index contributed by atoms with van der Waals surface area (Å²) in [6.45, 7) is 19.4. The molecular weight excluding hydrogens is 813 g/mol. The number of ether oxygens (including phenoxy) is 5. The van der Waals surface area contributed by atoms with Crippen LogP contribution in [0.3, 0.4) is 0 Å². The van der Waals surface area contributed by atoms with Gasteiger partial charge in [-0.3, -0.25) is 19.2 Å². The van der Waals surface area contributed by atoms with Gasteiger partial charge >= 0.3 is 29.8 Å². The summed E-state index contributed by atoms with van der Waals surface area (Å²) < 4.78 is 27.6. The van der Waals surface area contributed by atoms with E-state index in [1.807, 2.05) is 41.5 Å². The molecule has 0 spiro atoms. The number of hydrogen-bond donors (Lipinski definition) is 1. The van der Waals surface area contributed by atoms with Crippen molar-refractivity contribution in [3.8, 4) is 0 Å². The lowest BCUT2D eigenvalue weighted by Gasteiger charge is -2.59. The van der Waals surface area contributed by atoms with Crippen molar-refractivity contribution in [2.75, 3.05) is 13.7 Å². The largest absolute Gasteiger partial charge is 0.469 e. The van der Waals surface area contributed by atoms with Gasteiger partial charge in [-0.2, -0.15) is 0 Å². The molecule has 0 aromatic heterocycles. The van der Waals surface area contributed by atoms with Gasteiger partial charge in [0.25, 0.3) is 0 Å². The van der Waals surface area contributed by atoms with E-state index in [0.717, 1.165) is 87.4 Å². The van der Waals surface area contributed by atoms with E-state index in [2.05, 4.69) is 13.8 Å². The second-order valence-corrected chi connectivity index (χ2v) is 24.5. The zero-order valence-corrected chi connectivity index (χ0v) is 41.4. The van der Waals surface area contributed by atoms with Gasteiger partial charge in [-0.15, -0.1) is 0 Å². The highest BCUT2D eigenvalue weighted by atomic mass is 16.6. The SMILES string of the molecule is CCC(C)(C)C(=O)OC1(CC)CC2CC1C1C3CCC(C3)C21.CCC(C)(C)C(=O)OC12CC3CC(CC(O)(C3)C1)C2.CCC(C)(C)C(=O)OCC(=O)OC1CC2CC1CC2C(=O)OC. The van der Waals surface area contributed by atoms with E-state index in [-0.39, 0.29) is 65.0 Å². The molecule has 64 heavy (non-hydrogen) atoms. The Kier molecular flexibility index (Phi) is 13.9. The molecule has 0 aromatic rings. The molecule has 0 saturated heterocycles. The summed E-state index contributed by atoms with van der Waals surface area (Å²) in [7, 11) is 1.40. The van der Waals surface area contributed by atoms with Crippen LogP contribution in [0.1, 0.15) is 185 Å². The van der Waals surface area contributed by atoms with Crippen LogP contribution in [0.2, 0.25) is 0 Å². The highest BCUT2D eigenvalue weighted by molar-refractivity contribution is 5.80. The van der Waals surface area contributed by atoms with Gasteiger partial charge in [0.2, 0.25) is 0 Å². The summed E-state index contributed by atoms with van der Waals surface area (Å²) in [5.74, 6) is 5.73. The smallest absolute Gasteiger partial charge is 0.344 e. The Labute approximate surface area is 384 Å². The molecule has 1 N–H and O–H groups in total. The van der Waals surface area contributed by atoms with Crippen LogP contribution in [0.4, 0.5) is 0 Å². The molecule has 11 nitrogen and oxygen atoms in total. The zero-order valence-electron chi connectivity index (χ0n) is 41.4. The molecule has 0 radical (unpaired) electrons. The Balaban J connectivity index is 0.000000144. The second kappa shape index (κ2) is 18.1. The molecule has 10 rings (SSSR count). The predicted octanol–water partition coefficient (Wildman–Crippen LogP) is 9.96. The molecule has 13 atom stereocenters. The van der Waals surface area contributed by atoms with E-state index in [0.29, 0.717) is 43.4 Å². The summed E-state index contributed by atoms with van der Waals surface area (Å²) >= 11 is 0. The first-order chi connectivity index (χ1) is 30.0. The van der Waals surface area contributed by atoms with E-state index in [9.17, 15) is 29.1 Å².